The zero-order chi connectivity index (χ0) is 45.4. The quantitative estimate of drug-likeness (QED) is 0.123. The molecule has 3 aliphatic rings. The molecule has 0 bridgehead atoms. The van der Waals surface area contributed by atoms with Crippen LogP contribution in [0.2, 0.25) is 0 Å². The van der Waals surface area contributed by atoms with Crippen molar-refractivity contribution in [2.24, 2.45) is 0 Å². The van der Waals surface area contributed by atoms with Gasteiger partial charge in [0.2, 0.25) is 0 Å². The van der Waals surface area contributed by atoms with E-state index in [1.165, 1.54) is 66.8 Å². The van der Waals surface area contributed by atoms with Gasteiger partial charge in [0.1, 0.15) is 11.6 Å². The van der Waals surface area contributed by atoms with E-state index < -0.39 is 0 Å². The SMILES string of the molecule is CC1(C)c2ccccc2-c2ccc(N(c3ccccn3)c3c4ccccc4c(N(c4ccc5c(c4)C(C)(C)c4ccccc4-5)c4ccccn4)c4cc5c(cc34)-c3ccccc3C5(C)C)cc21. The average Bonchev–Trinajstić information content (AvgIpc) is 3.84. The van der Waals surface area contributed by atoms with Crippen LogP contribution in [0.5, 0.6) is 0 Å². The summed E-state index contributed by atoms with van der Waals surface area (Å²) in [6, 6.07) is 67.4. The molecular weight excluding hydrogens is 813 g/mol. The lowest BCUT2D eigenvalue weighted by Gasteiger charge is -2.33. The number of aromatic nitrogens is 2. The van der Waals surface area contributed by atoms with Crippen molar-refractivity contribution in [3.05, 3.63) is 228 Å². The molecule has 3 aliphatic carbocycles. The van der Waals surface area contributed by atoms with Crippen molar-refractivity contribution in [1.29, 1.82) is 0 Å². The number of hydrogen-bond donors (Lipinski definition) is 0. The van der Waals surface area contributed by atoms with Crippen LogP contribution in [0.15, 0.2) is 194 Å². The van der Waals surface area contributed by atoms with E-state index in [1.54, 1.807) is 0 Å². The van der Waals surface area contributed by atoms with E-state index in [2.05, 4.69) is 221 Å². The first-order valence-electron chi connectivity index (χ1n) is 23.6. The molecule has 4 heteroatoms. The minimum Gasteiger partial charge on any atom is -0.294 e. The molecule has 0 N–H and O–H groups in total. The number of nitrogens with zero attached hydrogens (tertiary/aromatic N) is 4. The highest BCUT2D eigenvalue weighted by atomic mass is 15.2. The number of rotatable bonds is 6. The molecule has 2 aromatic heterocycles. The third-order valence-electron chi connectivity index (χ3n) is 15.5. The van der Waals surface area contributed by atoms with E-state index in [-0.39, 0.29) is 16.2 Å². The van der Waals surface area contributed by atoms with Crippen molar-refractivity contribution in [1.82, 2.24) is 9.97 Å². The van der Waals surface area contributed by atoms with Gasteiger partial charge in [-0.3, -0.25) is 9.80 Å². The second-order valence-electron chi connectivity index (χ2n) is 20.2. The molecule has 67 heavy (non-hydrogen) atoms. The van der Waals surface area contributed by atoms with Crippen LogP contribution < -0.4 is 9.80 Å². The molecule has 0 saturated heterocycles. The smallest absolute Gasteiger partial charge is 0.137 e. The minimum absolute atomic E-state index is 0.183. The maximum atomic E-state index is 5.17. The van der Waals surface area contributed by atoms with Gasteiger partial charge in [-0.2, -0.15) is 0 Å². The molecule has 0 unspecified atom stereocenters. The number of benzene rings is 8. The maximum Gasteiger partial charge on any atom is 0.137 e. The lowest BCUT2D eigenvalue weighted by molar-refractivity contribution is 0.660. The Bertz CT molecular complexity index is 3680. The molecular formula is C63H50N4. The van der Waals surface area contributed by atoms with Gasteiger partial charge in [0.15, 0.2) is 0 Å². The molecule has 8 aromatic carbocycles. The summed E-state index contributed by atoms with van der Waals surface area (Å²) >= 11 is 0. The van der Waals surface area contributed by atoms with E-state index in [0.717, 1.165) is 55.9 Å². The molecule has 10 aromatic rings. The van der Waals surface area contributed by atoms with Crippen molar-refractivity contribution < 1.29 is 0 Å². The molecule has 0 spiro atoms. The van der Waals surface area contributed by atoms with E-state index in [1.807, 2.05) is 24.5 Å². The predicted octanol–water partition coefficient (Wildman–Crippen LogP) is 16.6. The van der Waals surface area contributed by atoms with E-state index >= 15 is 0 Å². The average molecular weight is 863 g/mol. The lowest BCUT2D eigenvalue weighted by atomic mass is 9.81. The van der Waals surface area contributed by atoms with Gasteiger partial charge >= 0.3 is 0 Å². The lowest BCUT2D eigenvalue weighted by Crippen LogP contribution is -2.19. The first-order chi connectivity index (χ1) is 32.5. The van der Waals surface area contributed by atoms with Gasteiger partial charge in [-0.05, 0) is 127 Å². The summed E-state index contributed by atoms with van der Waals surface area (Å²) in [5, 5.41) is 4.54. The van der Waals surface area contributed by atoms with Crippen LogP contribution in [0.4, 0.5) is 34.4 Å². The van der Waals surface area contributed by atoms with Crippen LogP contribution in [0.1, 0.15) is 74.9 Å². The number of fused-ring (bicyclic) bond motifs is 11. The topological polar surface area (TPSA) is 32.3 Å². The summed E-state index contributed by atoms with van der Waals surface area (Å²) in [6.07, 6.45) is 3.84. The van der Waals surface area contributed by atoms with Crippen LogP contribution in [-0.4, -0.2) is 9.97 Å². The van der Waals surface area contributed by atoms with Gasteiger partial charge in [-0.1, -0.05) is 163 Å². The first kappa shape index (κ1) is 39.5. The van der Waals surface area contributed by atoms with Crippen molar-refractivity contribution in [3.63, 3.8) is 0 Å². The molecule has 13 rings (SSSR count). The highest BCUT2D eigenvalue weighted by Crippen LogP contribution is 2.58. The van der Waals surface area contributed by atoms with Gasteiger partial charge < -0.3 is 0 Å². The van der Waals surface area contributed by atoms with Crippen LogP contribution >= 0.6 is 0 Å². The summed E-state index contributed by atoms with van der Waals surface area (Å²) in [4.78, 5) is 15.2. The molecule has 2 heterocycles. The van der Waals surface area contributed by atoms with Crippen molar-refractivity contribution >= 4 is 55.9 Å². The molecule has 4 nitrogen and oxygen atoms in total. The van der Waals surface area contributed by atoms with Gasteiger partial charge in [-0.15, -0.1) is 0 Å². The molecule has 0 amide bonds. The molecule has 0 atom stereocenters. The van der Waals surface area contributed by atoms with Gasteiger partial charge in [-0.25, -0.2) is 9.97 Å². The third kappa shape index (κ3) is 5.53. The fraction of sp³-hybridized carbons (Fsp3) is 0.143. The highest BCUT2D eigenvalue weighted by Gasteiger charge is 2.40. The Hall–Kier alpha value is -7.82. The van der Waals surface area contributed by atoms with E-state index in [9.17, 15) is 0 Å². The fourth-order valence-corrected chi connectivity index (χ4v) is 12.2. The maximum absolute atomic E-state index is 5.17. The number of anilines is 6. The zero-order valence-electron chi connectivity index (χ0n) is 38.8. The molecule has 0 fully saturated rings. The van der Waals surface area contributed by atoms with Crippen LogP contribution in [0.3, 0.4) is 0 Å². The Kier molecular flexibility index (Phi) is 8.32. The van der Waals surface area contributed by atoms with Crippen molar-refractivity contribution in [2.45, 2.75) is 57.8 Å². The van der Waals surface area contributed by atoms with Crippen LogP contribution in [0, 0.1) is 0 Å². The Balaban J connectivity index is 1.15. The fourth-order valence-electron chi connectivity index (χ4n) is 12.2. The standard InChI is InChI=1S/C63H50N4/c1-61(2)51-24-12-9-19-41(51)44-31-29-39(35-54(44)61)66(57-27-15-17-33-64-57)59-46-22-7-8-23-47(46)60(50-38-56-48(37-49(50)59)43-21-11-14-26-53(43)63(56,5)6)67(58-28-16-18-34-65-58)40-30-32-45-42-20-10-13-25-52(42)62(3,4)55(45)36-40/h7-38H,1-6H3. The highest BCUT2D eigenvalue weighted by molar-refractivity contribution is 6.24. The summed E-state index contributed by atoms with van der Waals surface area (Å²) < 4.78 is 0. The molecule has 0 radical (unpaired) electrons. The van der Waals surface area contributed by atoms with Crippen molar-refractivity contribution in [2.75, 3.05) is 9.80 Å². The zero-order valence-corrected chi connectivity index (χ0v) is 38.8. The Morgan fingerprint density at radius 3 is 1.09 bits per heavy atom. The second-order valence-corrected chi connectivity index (χ2v) is 20.2. The first-order valence-corrected chi connectivity index (χ1v) is 23.6. The third-order valence-corrected chi connectivity index (χ3v) is 15.5. The summed E-state index contributed by atoms with van der Waals surface area (Å²) in [5.41, 5.74) is 19.5. The molecule has 322 valence electrons. The molecule has 0 saturated carbocycles. The van der Waals surface area contributed by atoms with E-state index in [4.69, 9.17) is 9.97 Å². The van der Waals surface area contributed by atoms with Crippen molar-refractivity contribution in [3.8, 4) is 33.4 Å². The van der Waals surface area contributed by atoms with Gasteiger partial charge in [0.05, 0.1) is 11.4 Å². The van der Waals surface area contributed by atoms with Gasteiger partial charge in [0.25, 0.3) is 0 Å². The monoisotopic (exact) mass is 862 g/mol. The Labute approximate surface area is 392 Å². The van der Waals surface area contributed by atoms with Crippen LogP contribution in [0.25, 0.3) is 54.9 Å². The minimum atomic E-state index is -0.233. The molecule has 0 aliphatic heterocycles. The van der Waals surface area contributed by atoms with Crippen LogP contribution in [-0.2, 0) is 16.2 Å². The second kappa shape index (κ2) is 14.1. The Morgan fingerprint density at radius 1 is 0.299 bits per heavy atom. The summed E-state index contributed by atoms with van der Waals surface area (Å²) in [7, 11) is 0. The number of hydrogen-bond acceptors (Lipinski definition) is 4. The summed E-state index contributed by atoms with van der Waals surface area (Å²) in [6.45, 7) is 14.2. The summed E-state index contributed by atoms with van der Waals surface area (Å²) in [5.74, 6) is 1.72. The van der Waals surface area contributed by atoms with Gasteiger partial charge in [0, 0.05) is 61.6 Å². The normalized spacial score (nSPS) is 15.1. The number of pyridine rings is 2. The van der Waals surface area contributed by atoms with E-state index in [0.29, 0.717) is 0 Å². The predicted molar refractivity (Wildman–Crippen MR) is 279 cm³/mol. The Morgan fingerprint density at radius 2 is 0.657 bits per heavy atom. The largest absolute Gasteiger partial charge is 0.294 e.